The zero-order chi connectivity index (χ0) is 25.2. The van der Waals surface area contributed by atoms with Crippen molar-refractivity contribution in [3.8, 4) is 0 Å². The number of ether oxygens (including phenoxy) is 1. The molecule has 6 heterocycles. The van der Waals surface area contributed by atoms with Crippen molar-refractivity contribution >= 4 is 17.3 Å². The average Bonchev–Trinajstić information content (AvgIpc) is 3.24. The molecule has 2 N–H and O–H groups in total. The first-order valence-corrected chi connectivity index (χ1v) is 13.7. The van der Waals surface area contributed by atoms with Crippen molar-refractivity contribution in [2.45, 2.75) is 74.5 Å². The molecule has 6 heteroatoms. The number of para-hydroxylation sites is 1. The lowest BCUT2D eigenvalue weighted by atomic mass is 9.50. The second-order valence-corrected chi connectivity index (χ2v) is 12.1. The molecule has 2 spiro atoms. The summed E-state index contributed by atoms with van der Waals surface area (Å²) in [6.45, 7) is 8.07. The highest BCUT2D eigenvalue weighted by molar-refractivity contribution is 5.89. The lowest BCUT2D eigenvalue weighted by Gasteiger charge is -2.61. The normalized spacial score (nSPS) is 39.1. The average molecular weight is 495 g/mol. The van der Waals surface area contributed by atoms with Gasteiger partial charge < -0.3 is 20.3 Å². The predicted molar refractivity (Wildman–Crippen MR) is 144 cm³/mol. The lowest BCUT2D eigenvalue weighted by Crippen LogP contribution is -2.72. The fraction of sp³-hybridized carbons (Fsp3) is 0.452. The number of rotatable bonds is 3. The number of piperidine rings is 1. The Morgan fingerprint density at radius 1 is 1.00 bits per heavy atom. The minimum atomic E-state index is -0.218. The van der Waals surface area contributed by atoms with E-state index in [-0.39, 0.29) is 46.8 Å². The van der Waals surface area contributed by atoms with Crippen LogP contribution in [0.15, 0.2) is 66.8 Å². The van der Waals surface area contributed by atoms with Crippen LogP contribution in [0, 0.1) is 0 Å². The molecular weight excluding hydrogens is 460 g/mol. The fourth-order valence-corrected chi connectivity index (χ4v) is 8.94. The molecule has 0 aromatic heterocycles. The number of anilines is 2. The third kappa shape index (κ3) is 2.47. The smallest absolute Gasteiger partial charge is 0.247 e. The summed E-state index contributed by atoms with van der Waals surface area (Å²) in [6, 6.07) is 15.7. The van der Waals surface area contributed by atoms with E-state index < -0.39 is 0 Å². The summed E-state index contributed by atoms with van der Waals surface area (Å²) in [6.07, 6.45) is 9.67. The summed E-state index contributed by atoms with van der Waals surface area (Å²) in [5, 5.41) is 7.85. The van der Waals surface area contributed by atoms with Crippen molar-refractivity contribution in [1.29, 1.82) is 0 Å². The maximum Gasteiger partial charge on any atom is 0.247 e. The van der Waals surface area contributed by atoms with E-state index in [4.69, 9.17) is 4.74 Å². The topological polar surface area (TPSA) is 60.1 Å². The fourth-order valence-electron chi connectivity index (χ4n) is 8.94. The quantitative estimate of drug-likeness (QED) is 0.369. The minimum Gasteiger partial charge on any atom is -0.365 e. The van der Waals surface area contributed by atoms with Crippen LogP contribution in [-0.2, 0) is 20.4 Å². The SMILES string of the molecule is C/C=C/C=C/C(=O)N1CC[C@@]23c4ccccc4N[C@@H]4Nc5cccc6c5[C@@]42CCN([C@@H]13)[C@@H]6[C@H]1OC1(C)C. The van der Waals surface area contributed by atoms with Crippen LogP contribution in [0.5, 0.6) is 0 Å². The Morgan fingerprint density at radius 3 is 2.57 bits per heavy atom. The van der Waals surface area contributed by atoms with E-state index in [0.29, 0.717) is 0 Å². The van der Waals surface area contributed by atoms with Crippen LogP contribution in [0.2, 0.25) is 0 Å². The van der Waals surface area contributed by atoms with Gasteiger partial charge in [-0.2, -0.15) is 0 Å². The number of nitrogens with zero attached hydrogens (tertiary/aromatic N) is 2. The summed E-state index contributed by atoms with van der Waals surface area (Å²) in [4.78, 5) is 18.7. The van der Waals surface area contributed by atoms with Gasteiger partial charge in [-0.1, -0.05) is 48.6 Å². The van der Waals surface area contributed by atoms with Gasteiger partial charge in [0.05, 0.1) is 23.2 Å². The highest BCUT2D eigenvalue weighted by atomic mass is 16.6. The Bertz CT molecular complexity index is 1400. The second-order valence-electron chi connectivity index (χ2n) is 12.1. The molecule has 190 valence electrons. The maximum atomic E-state index is 13.8. The van der Waals surface area contributed by atoms with Gasteiger partial charge in [0, 0.05) is 36.0 Å². The Morgan fingerprint density at radius 2 is 1.76 bits per heavy atom. The molecule has 6 aliphatic heterocycles. The van der Waals surface area contributed by atoms with Gasteiger partial charge in [-0.05, 0) is 62.4 Å². The van der Waals surface area contributed by atoms with Gasteiger partial charge in [-0.15, -0.1) is 0 Å². The monoisotopic (exact) mass is 494 g/mol. The van der Waals surface area contributed by atoms with E-state index in [1.807, 2.05) is 25.2 Å². The number of nitrogens with one attached hydrogen (secondary N) is 2. The molecule has 8 rings (SSSR count). The van der Waals surface area contributed by atoms with Crippen LogP contribution < -0.4 is 10.6 Å². The summed E-state index contributed by atoms with van der Waals surface area (Å²) < 4.78 is 6.40. The second kappa shape index (κ2) is 7.06. The third-order valence-electron chi connectivity index (χ3n) is 10.2. The Kier molecular flexibility index (Phi) is 4.19. The van der Waals surface area contributed by atoms with Crippen molar-refractivity contribution in [2.75, 3.05) is 23.7 Å². The Balaban J connectivity index is 1.42. The van der Waals surface area contributed by atoms with Crippen molar-refractivity contribution in [3.05, 3.63) is 83.5 Å². The van der Waals surface area contributed by atoms with Crippen molar-refractivity contribution < 1.29 is 9.53 Å². The van der Waals surface area contributed by atoms with Crippen LogP contribution in [0.1, 0.15) is 56.3 Å². The molecule has 2 aromatic carbocycles. The van der Waals surface area contributed by atoms with Gasteiger partial charge in [0.25, 0.3) is 0 Å². The van der Waals surface area contributed by atoms with Gasteiger partial charge >= 0.3 is 0 Å². The van der Waals surface area contributed by atoms with Crippen molar-refractivity contribution in [1.82, 2.24) is 9.80 Å². The van der Waals surface area contributed by atoms with E-state index >= 15 is 0 Å². The highest BCUT2D eigenvalue weighted by Crippen LogP contribution is 2.71. The first-order chi connectivity index (χ1) is 17.9. The molecular formula is C31H34N4O2. The van der Waals surface area contributed by atoms with Gasteiger partial charge in [0.1, 0.15) is 12.3 Å². The molecule has 2 aromatic rings. The van der Waals surface area contributed by atoms with Crippen LogP contribution in [0.3, 0.4) is 0 Å². The van der Waals surface area contributed by atoms with Gasteiger partial charge in [0.15, 0.2) is 0 Å². The Hall–Kier alpha value is -3.09. The molecule has 0 radical (unpaired) electrons. The number of fused-ring (bicyclic) bond motifs is 1. The predicted octanol–water partition coefficient (Wildman–Crippen LogP) is 4.67. The van der Waals surface area contributed by atoms with Crippen LogP contribution in [0.4, 0.5) is 11.4 Å². The number of benzene rings is 2. The Labute approximate surface area is 218 Å². The van der Waals surface area contributed by atoms with E-state index in [0.717, 1.165) is 25.9 Å². The van der Waals surface area contributed by atoms with Crippen LogP contribution >= 0.6 is 0 Å². The number of allylic oxidation sites excluding steroid dienone is 3. The molecule has 1 unspecified atom stereocenters. The minimum absolute atomic E-state index is 0.0418. The van der Waals surface area contributed by atoms with E-state index in [9.17, 15) is 4.79 Å². The molecule has 7 atom stereocenters. The molecule has 0 aliphatic carbocycles. The molecule has 37 heavy (non-hydrogen) atoms. The first-order valence-electron chi connectivity index (χ1n) is 13.7. The number of carbonyl (C=O) groups excluding carboxylic acids is 1. The number of carbonyl (C=O) groups is 1. The molecule has 0 saturated carbocycles. The summed E-state index contributed by atoms with van der Waals surface area (Å²) in [7, 11) is 0. The van der Waals surface area contributed by atoms with Crippen LogP contribution in [-0.4, -0.2) is 52.8 Å². The number of likely N-dealkylation sites (tertiary alicyclic amines) is 1. The van der Waals surface area contributed by atoms with E-state index in [2.05, 4.69) is 76.7 Å². The van der Waals surface area contributed by atoms with E-state index in [1.165, 1.54) is 28.1 Å². The highest BCUT2D eigenvalue weighted by Gasteiger charge is 2.76. The molecule has 6 nitrogen and oxygen atoms in total. The number of epoxide rings is 1. The lowest BCUT2D eigenvalue weighted by molar-refractivity contribution is -0.137. The van der Waals surface area contributed by atoms with Crippen LogP contribution in [0.25, 0.3) is 0 Å². The van der Waals surface area contributed by atoms with Gasteiger partial charge in [-0.25, -0.2) is 0 Å². The van der Waals surface area contributed by atoms with Crippen molar-refractivity contribution in [2.24, 2.45) is 0 Å². The zero-order valence-electron chi connectivity index (χ0n) is 21.7. The first kappa shape index (κ1) is 21.9. The van der Waals surface area contributed by atoms with Gasteiger partial charge in [-0.3, -0.25) is 9.69 Å². The molecule has 3 saturated heterocycles. The standard InChI is InChI=1S/C31H34N4O2/c1-4-5-6-14-23(36)34-17-15-30-20-11-7-8-12-21(20)32-27-31(30)16-18-35(28(30)34)25(26-29(2,3)37-26)19-10-9-13-22(33-27)24(19)31/h4-14,25-28,32-33H,15-18H2,1-3H3/b5-4+,14-6+/t25-,26+,27+,28+,30-,31-/m0/s1. The largest absolute Gasteiger partial charge is 0.365 e. The zero-order valence-corrected chi connectivity index (χ0v) is 21.7. The molecule has 2 bridgehead atoms. The van der Waals surface area contributed by atoms with E-state index in [1.54, 1.807) is 6.08 Å². The molecule has 3 fully saturated rings. The van der Waals surface area contributed by atoms with Gasteiger partial charge in [0.2, 0.25) is 5.91 Å². The molecule has 1 amide bonds. The summed E-state index contributed by atoms with van der Waals surface area (Å²) >= 11 is 0. The summed E-state index contributed by atoms with van der Waals surface area (Å²) in [5.41, 5.74) is 6.09. The van der Waals surface area contributed by atoms with Crippen molar-refractivity contribution in [3.63, 3.8) is 0 Å². The number of hydrogen-bond acceptors (Lipinski definition) is 5. The number of hydrogen-bond donors (Lipinski definition) is 2. The molecule has 6 aliphatic rings. The third-order valence-corrected chi connectivity index (χ3v) is 10.2. The summed E-state index contributed by atoms with van der Waals surface area (Å²) in [5.74, 6) is 0.0986. The number of amides is 1. The maximum absolute atomic E-state index is 13.8.